The van der Waals surface area contributed by atoms with E-state index in [-0.39, 0.29) is 25.7 Å². The Kier molecular flexibility index (Phi) is 8.24. The number of amides is 2. The van der Waals surface area contributed by atoms with E-state index in [9.17, 15) is 19.5 Å². The Morgan fingerprint density at radius 1 is 0.917 bits per heavy atom. The summed E-state index contributed by atoms with van der Waals surface area (Å²) < 4.78 is 16.2. The number of hydrogen-bond acceptors (Lipinski definition) is 6. The van der Waals surface area contributed by atoms with E-state index in [2.05, 4.69) is 10.6 Å². The van der Waals surface area contributed by atoms with Crippen molar-refractivity contribution < 1.29 is 33.7 Å². The first-order valence-corrected chi connectivity index (χ1v) is 11.8. The fraction of sp³-hybridized carbons (Fsp3) is 0.444. The molecule has 9 heteroatoms. The molecular formula is C27H34N2O7. The fourth-order valence-electron chi connectivity index (χ4n) is 4.00. The van der Waals surface area contributed by atoms with Gasteiger partial charge in [-0.1, -0.05) is 48.5 Å². The average molecular weight is 499 g/mol. The maximum atomic E-state index is 12.5. The van der Waals surface area contributed by atoms with Gasteiger partial charge in [-0.15, -0.1) is 0 Å². The molecule has 0 bridgehead atoms. The Morgan fingerprint density at radius 3 is 2.00 bits per heavy atom. The number of fused-ring (bicyclic) bond motifs is 3. The van der Waals surface area contributed by atoms with Crippen molar-refractivity contribution >= 4 is 18.2 Å². The highest BCUT2D eigenvalue weighted by Crippen LogP contribution is 2.44. The van der Waals surface area contributed by atoms with Crippen molar-refractivity contribution in [2.45, 2.75) is 57.7 Å². The van der Waals surface area contributed by atoms with Crippen LogP contribution >= 0.6 is 0 Å². The molecule has 0 unspecified atom stereocenters. The Hall–Kier alpha value is -3.59. The maximum Gasteiger partial charge on any atom is 0.408 e. The van der Waals surface area contributed by atoms with Crippen LogP contribution in [0.4, 0.5) is 9.59 Å². The van der Waals surface area contributed by atoms with Crippen molar-refractivity contribution in [1.82, 2.24) is 10.6 Å². The van der Waals surface area contributed by atoms with Crippen LogP contribution in [-0.2, 0) is 19.0 Å². The molecule has 0 fully saturated rings. The molecule has 0 heterocycles. The maximum absolute atomic E-state index is 12.5. The number of carbonyl (C=O) groups excluding carboxylic acids is 2. The van der Waals surface area contributed by atoms with Crippen molar-refractivity contribution in [2.24, 2.45) is 0 Å². The summed E-state index contributed by atoms with van der Waals surface area (Å²) in [7, 11) is 0. The molecule has 194 valence electrons. The largest absolute Gasteiger partial charge is 0.480 e. The van der Waals surface area contributed by atoms with Crippen LogP contribution in [0.25, 0.3) is 11.1 Å². The molecule has 0 radical (unpaired) electrons. The molecule has 3 rings (SSSR count). The molecule has 2 amide bonds. The molecule has 2 aromatic carbocycles. The van der Waals surface area contributed by atoms with Crippen LogP contribution in [0.1, 0.15) is 51.7 Å². The number of rotatable bonds is 9. The first kappa shape index (κ1) is 27.0. The third kappa shape index (κ3) is 7.21. The second-order valence-corrected chi connectivity index (χ2v) is 10.4. The summed E-state index contributed by atoms with van der Waals surface area (Å²) in [5.41, 5.74) is 2.84. The highest BCUT2D eigenvalue weighted by Gasteiger charge is 2.30. The normalized spacial score (nSPS) is 13.8. The van der Waals surface area contributed by atoms with Crippen LogP contribution in [0, 0.1) is 0 Å². The monoisotopic (exact) mass is 498 g/mol. The second kappa shape index (κ2) is 11.0. The van der Waals surface area contributed by atoms with Gasteiger partial charge >= 0.3 is 18.2 Å². The van der Waals surface area contributed by atoms with E-state index in [0.717, 1.165) is 22.3 Å². The minimum Gasteiger partial charge on any atom is -0.480 e. The number of hydrogen-bond donors (Lipinski definition) is 3. The average Bonchev–Trinajstić information content (AvgIpc) is 3.09. The summed E-state index contributed by atoms with van der Waals surface area (Å²) in [4.78, 5) is 36.1. The molecule has 0 spiro atoms. The van der Waals surface area contributed by atoms with Gasteiger partial charge in [0.2, 0.25) is 0 Å². The van der Waals surface area contributed by atoms with E-state index in [1.807, 2.05) is 48.5 Å². The van der Waals surface area contributed by atoms with Gasteiger partial charge in [-0.3, -0.25) is 0 Å². The van der Waals surface area contributed by atoms with Crippen LogP contribution in [0.3, 0.4) is 0 Å². The van der Waals surface area contributed by atoms with E-state index in [1.54, 1.807) is 34.6 Å². The zero-order valence-electron chi connectivity index (χ0n) is 21.3. The first-order valence-electron chi connectivity index (χ1n) is 11.8. The van der Waals surface area contributed by atoms with E-state index in [1.165, 1.54) is 0 Å². The molecule has 9 nitrogen and oxygen atoms in total. The Morgan fingerprint density at radius 2 is 1.47 bits per heavy atom. The topological polar surface area (TPSA) is 123 Å². The number of benzene rings is 2. The SMILES string of the molecule is CC(C)(COC[C@H](NC(=O)OCC1c2ccccc2-c2ccccc21)C(=O)O)NC(=O)OC(C)(C)C. The van der Waals surface area contributed by atoms with Crippen molar-refractivity contribution in [3.8, 4) is 11.1 Å². The first-order chi connectivity index (χ1) is 16.9. The third-order valence-electron chi connectivity index (χ3n) is 5.52. The van der Waals surface area contributed by atoms with E-state index < -0.39 is 35.3 Å². The summed E-state index contributed by atoms with van der Waals surface area (Å²) in [5, 5.41) is 14.6. The summed E-state index contributed by atoms with van der Waals surface area (Å²) in [5.74, 6) is -1.40. The molecule has 3 N–H and O–H groups in total. The number of aliphatic carboxylic acids is 1. The minimum atomic E-state index is -1.32. The number of carboxylic acids is 1. The molecule has 1 atom stereocenters. The van der Waals surface area contributed by atoms with Gasteiger partial charge in [0.1, 0.15) is 12.2 Å². The number of nitrogens with one attached hydrogen (secondary N) is 2. The van der Waals surface area contributed by atoms with Crippen LogP contribution in [0.15, 0.2) is 48.5 Å². The number of carboxylic acid groups (broad SMARTS) is 1. The zero-order valence-corrected chi connectivity index (χ0v) is 21.3. The standard InChI is InChI=1S/C27H34N2O7/c1-26(2,3)36-25(33)29-27(4,5)16-34-15-22(23(30)31)28-24(32)35-14-21-19-12-8-6-10-17(19)18-11-7-9-13-20(18)21/h6-13,21-22H,14-16H2,1-5H3,(H,28,32)(H,29,33)(H,30,31)/t22-/m0/s1. The number of carbonyl (C=O) groups is 3. The van der Waals surface area contributed by atoms with Gasteiger partial charge in [-0.25, -0.2) is 14.4 Å². The molecule has 0 aliphatic heterocycles. The summed E-state index contributed by atoms with van der Waals surface area (Å²) >= 11 is 0. The van der Waals surface area contributed by atoms with Crippen LogP contribution < -0.4 is 10.6 Å². The molecular weight excluding hydrogens is 464 g/mol. The van der Waals surface area contributed by atoms with Crippen molar-refractivity contribution in [3.05, 3.63) is 59.7 Å². The summed E-state index contributed by atoms with van der Waals surface area (Å²) in [6.07, 6.45) is -1.46. The van der Waals surface area contributed by atoms with Crippen molar-refractivity contribution in [2.75, 3.05) is 19.8 Å². The lowest BCUT2D eigenvalue weighted by atomic mass is 9.98. The fourth-order valence-corrected chi connectivity index (χ4v) is 4.00. The Balaban J connectivity index is 1.51. The molecule has 0 saturated heterocycles. The predicted octanol–water partition coefficient (Wildman–Crippen LogP) is 4.30. The van der Waals surface area contributed by atoms with Gasteiger partial charge < -0.3 is 30.0 Å². The number of ether oxygens (including phenoxy) is 3. The summed E-state index contributed by atoms with van der Waals surface area (Å²) in [6.45, 7) is 8.45. The quantitative estimate of drug-likeness (QED) is 0.471. The molecule has 36 heavy (non-hydrogen) atoms. The van der Waals surface area contributed by atoms with Crippen LogP contribution in [0.5, 0.6) is 0 Å². The predicted molar refractivity (Wildman–Crippen MR) is 134 cm³/mol. The lowest BCUT2D eigenvalue weighted by Crippen LogP contribution is -2.50. The molecule has 0 aromatic heterocycles. The van der Waals surface area contributed by atoms with Crippen molar-refractivity contribution in [1.29, 1.82) is 0 Å². The van der Waals surface area contributed by atoms with Gasteiger partial charge in [0.15, 0.2) is 6.04 Å². The highest BCUT2D eigenvalue weighted by atomic mass is 16.6. The lowest BCUT2D eigenvalue weighted by Gasteiger charge is -2.28. The highest BCUT2D eigenvalue weighted by molar-refractivity contribution is 5.81. The lowest BCUT2D eigenvalue weighted by molar-refractivity contribution is -0.141. The minimum absolute atomic E-state index is 0.00237. The molecule has 2 aromatic rings. The number of alkyl carbamates (subject to hydrolysis) is 2. The third-order valence-corrected chi connectivity index (χ3v) is 5.52. The van der Waals surface area contributed by atoms with Gasteiger partial charge in [0, 0.05) is 5.92 Å². The second-order valence-electron chi connectivity index (χ2n) is 10.4. The van der Waals surface area contributed by atoms with E-state index >= 15 is 0 Å². The van der Waals surface area contributed by atoms with Crippen LogP contribution in [-0.4, -0.2) is 60.3 Å². The van der Waals surface area contributed by atoms with Gasteiger partial charge in [0.05, 0.1) is 18.8 Å². The Bertz CT molecular complexity index is 1060. The summed E-state index contributed by atoms with van der Waals surface area (Å²) in [6, 6.07) is 14.6. The van der Waals surface area contributed by atoms with E-state index in [0.29, 0.717) is 0 Å². The van der Waals surface area contributed by atoms with E-state index in [4.69, 9.17) is 14.2 Å². The zero-order chi connectivity index (χ0) is 26.5. The molecule has 0 saturated carbocycles. The van der Waals surface area contributed by atoms with Crippen LogP contribution in [0.2, 0.25) is 0 Å². The molecule has 1 aliphatic carbocycles. The Labute approximate surface area is 211 Å². The van der Waals surface area contributed by atoms with Crippen molar-refractivity contribution in [3.63, 3.8) is 0 Å². The van der Waals surface area contributed by atoms with Gasteiger partial charge in [-0.05, 0) is 56.9 Å². The van der Waals surface area contributed by atoms with Gasteiger partial charge in [0.25, 0.3) is 0 Å². The van der Waals surface area contributed by atoms with Gasteiger partial charge in [-0.2, -0.15) is 0 Å². The molecule has 1 aliphatic rings. The smallest absolute Gasteiger partial charge is 0.408 e.